The number of methoxy groups -OCH3 is 1. The smallest absolute Gasteiger partial charge is 0.269 e. The number of aryl methyl sites for hydroxylation is 2. The van der Waals surface area contributed by atoms with E-state index in [4.69, 9.17) is 21.1 Å². The second-order valence-electron chi connectivity index (χ2n) is 7.76. The van der Waals surface area contributed by atoms with Crippen molar-refractivity contribution in [3.05, 3.63) is 88.2 Å². The second-order valence-corrected chi connectivity index (χ2v) is 8.17. The molecule has 0 saturated carbocycles. The summed E-state index contributed by atoms with van der Waals surface area (Å²) in [4.78, 5) is 29.7. The lowest BCUT2D eigenvalue weighted by molar-refractivity contribution is 0.0846. The molecule has 180 valence electrons. The normalized spacial score (nSPS) is 10.7. The Bertz CT molecular complexity index is 1400. The maximum Gasteiger partial charge on any atom is 0.269 e. The molecule has 3 aromatic carbocycles. The van der Waals surface area contributed by atoms with E-state index in [-0.39, 0.29) is 6.61 Å². The molecule has 8 nitrogen and oxygen atoms in total. The van der Waals surface area contributed by atoms with Crippen LogP contribution in [0, 0.1) is 6.92 Å². The number of benzene rings is 3. The van der Waals surface area contributed by atoms with Crippen molar-refractivity contribution in [2.45, 2.75) is 27.0 Å². The molecule has 0 fully saturated rings. The van der Waals surface area contributed by atoms with E-state index in [2.05, 4.69) is 20.4 Å². The lowest BCUT2D eigenvalue weighted by Crippen LogP contribution is -2.41. The van der Waals surface area contributed by atoms with Gasteiger partial charge in [0.25, 0.3) is 11.8 Å². The van der Waals surface area contributed by atoms with E-state index in [1.54, 1.807) is 30.3 Å². The largest absolute Gasteiger partial charge is 0.493 e. The minimum Gasteiger partial charge on any atom is -0.493 e. The zero-order chi connectivity index (χ0) is 24.9. The van der Waals surface area contributed by atoms with Gasteiger partial charge in [0.15, 0.2) is 11.5 Å². The molecule has 0 aliphatic carbocycles. The number of ether oxygens (including phenoxy) is 2. The van der Waals surface area contributed by atoms with Crippen LogP contribution < -0.4 is 20.3 Å². The van der Waals surface area contributed by atoms with Gasteiger partial charge < -0.3 is 14.0 Å². The van der Waals surface area contributed by atoms with Crippen molar-refractivity contribution in [2.24, 2.45) is 0 Å². The van der Waals surface area contributed by atoms with Gasteiger partial charge in [-0.3, -0.25) is 20.4 Å². The molecule has 4 aromatic rings. The summed E-state index contributed by atoms with van der Waals surface area (Å²) in [6.07, 6.45) is 0. The molecule has 35 heavy (non-hydrogen) atoms. The van der Waals surface area contributed by atoms with Gasteiger partial charge in [0.05, 0.1) is 18.1 Å². The lowest BCUT2D eigenvalue weighted by atomic mass is 10.2. The Kier molecular flexibility index (Phi) is 7.22. The Labute approximate surface area is 207 Å². The van der Waals surface area contributed by atoms with Crippen LogP contribution in [0.3, 0.4) is 0 Å². The molecular formula is C26H25ClN4O4. The summed E-state index contributed by atoms with van der Waals surface area (Å²) in [7, 11) is 1.48. The first-order chi connectivity index (χ1) is 16.9. The minimum absolute atomic E-state index is 0.248. The number of rotatable bonds is 7. The highest BCUT2D eigenvalue weighted by molar-refractivity contribution is 6.31. The summed E-state index contributed by atoms with van der Waals surface area (Å²) < 4.78 is 13.3. The van der Waals surface area contributed by atoms with E-state index in [1.807, 2.05) is 38.1 Å². The molecule has 0 bridgehead atoms. The first-order valence-corrected chi connectivity index (χ1v) is 11.4. The molecule has 0 atom stereocenters. The molecule has 0 saturated heterocycles. The van der Waals surface area contributed by atoms with Crippen molar-refractivity contribution >= 4 is 34.4 Å². The monoisotopic (exact) mass is 492 g/mol. The number of nitrogens with zero attached hydrogens (tertiary/aromatic N) is 2. The van der Waals surface area contributed by atoms with Crippen LogP contribution in [0.25, 0.3) is 11.0 Å². The van der Waals surface area contributed by atoms with Crippen LogP contribution in [0.4, 0.5) is 0 Å². The zero-order valence-corrected chi connectivity index (χ0v) is 20.3. The fraction of sp³-hybridized carbons (Fsp3) is 0.192. The summed E-state index contributed by atoms with van der Waals surface area (Å²) in [6, 6.07) is 17.4. The third kappa shape index (κ3) is 5.22. The first-order valence-electron chi connectivity index (χ1n) is 11.0. The molecule has 0 unspecified atom stereocenters. The number of carbonyl (C=O) groups excluding carboxylic acids is 2. The predicted octanol–water partition coefficient (Wildman–Crippen LogP) is 4.68. The van der Waals surface area contributed by atoms with Crippen molar-refractivity contribution in [2.75, 3.05) is 7.11 Å². The molecule has 9 heteroatoms. The zero-order valence-electron chi connectivity index (χ0n) is 19.6. The lowest BCUT2D eigenvalue weighted by Gasteiger charge is -2.13. The number of carbonyl (C=O) groups is 2. The van der Waals surface area contributed by atoms with Crippen LogP contribution in [0.1, 0.15) is 39.0 Å². The molecule has 0 spiro atoms. The fourth-order valence-corrected chi connectivity index (χ4v) is 3.94. The maximum atomic E-state index is 12.6. The number of halogens is 1. The van der Waals surface area contributed by atoms with Gasteiger partial charge >= 0.3 is 0 Å². The first kappa shape index (κ1) is 24.1. The molecule has 1 heterocycles. The number of fused-ring (bicyclic) bond motifs is 1. The van der Waals surface area contributed by atoms with Gasteiger partial charge in [-0.25, -0.2) is 4.98 Å². The summed E-state index contributed by atoms with van der Waals surface area (Å²) in [5.74, 6) is 0.769. The molecule has 2 amide bonds. The highest BCUT2D eigenvalue weighted by atomic mass is 35.5. The summed E-state index contributed by atoms with van der Waals surface area (Å²) >= 11 is 6.18. The fourth-order valence-electron chi connectivity index (χ4n) is 3.75. The second kappa shape index (κ2) is 10.5. The average molecular weight is 493 g/mol. The molecule has 0 aliphatic rings. The summed E-state index contributed by atoms with van der Waals surface area (Å²) in [5.41, 5.74) is 8.06. The standard InChI is InChI=1S/C26H25ClN4O4/c1-4-31-16(2)28-21-13-17(9-11-22(21)31)25(32)29-30-26(33)18-10-12-23(24(14-18)34-3)35-15-19-7-5-6-8-20(19)27/h5-14H,4,15H2,1-3H3,(H,29,32)(H,30,33). The van der Waals surface area contributed by atoms with Gasteiger partial charge in [0.1, 0.15) is 12.4 Å². The summed E-state index contributed by atoms with van der Waals surface area (Å²) in [5, 5.41) is 0.603. The SMILES string of the molecule is CCn1c(C)nc2cc(C(=O)NNC(=O)c3ccc(OCc4ccccc4Cl)c(OC)c3)ccc21. The molecule has 2 N–H and O–H groups in total. The highest BCUT2D eigenvalue weighted by Crippen LogP contribution is 2.29. The number of hydrazine groups is 1. The Morgan fingerprint density at radius 1 is 0.971 bits per heavy atom. The topological polar surface area (TPSA) is 94.5 Å². The number of imidazole rings is 1. The molecule has 0 radical (unpaired) electrons. The van der Waals surface area contributed by atoms with Crippen molar-refractivity contribution < 1.29 is 19.1 Å². The van der Waals surface area contributed by atoms with Gasteiger partial charge in [-0.1, -0.05) is 29.8 Å². The number of hydrogen-bond acceptors (Lipinski definition) is 5. The highest BCUT2D eigenvalue weighted by Gasteiger charge is 2.15. The Balaban J connectivity index is 1.40. The van der Waals surface area contributed by atoms with Crippen molar-refractivity contribution in [1.29, 1.82) is 0 Å². The van der Waals surface area contributed by atoms with Crippen LogP contribution >= 0.6 is 11.6 Å². The van der Waals surface area contributed by atoms with Crippen LogP contribution in [-0.2, 0) is 13.2 Å². The van der Waals surface area contributed by atoms with Crippen LogP contribution in [-0.4, -0.2) is 28.5 Å². The number of amides is 2. The van der Waals surface area contributed by atoms with Crippen LogP contribution in [0.15, 0.2) is 60.7 Å². The molecular weight excluding hydrogens is 468 g/mol. The van der Waals surface area contributed by atoms with E-state index in [0.717, 1.165) is 29.0 Å². The van der Waals surface area contributed by atoms with Gasteiger partial charge in [0.2, 0.25) is 0 Å². The maximum absolute atomic E-state index is 12.6. The third-order valence-electron chi connectivity index (χ3n) is 5.57. The number of nitrogens with one attached hydrogen (secondary N) is 2. The van der Waals surface area contributed by atoms with Crippen molar-refractivity contribution in [1.82, 2.24) is 20.4 Å². The Morgan fingerprint density at radius 3 is 2.34 bits per heavy atom. The summed E-state index contributed by atoms with van der Waals surface area (Å²) in [6.45, 7) is 5.00. The van der Waals surface area contributed by atoms with Crippen LogP contribution in [0.2, 0.25) is 5.02 Å². The Hall–Kier alpha value is -4.04. The van der Waals surface area contributed by atoms with Gasteiger partial charge in [-0.15, -0.1) is 0 Å². The van der Waals surface area contributed by atoms with E-state index in [0.29, 0.717) is 27.6 Å². The molecule has 0 aliphatic heterocycles. The van der Waals surface area contributed by atoms with E-state index >= 15 is 0 Å². The average Bonchev–Trinajstić information content (AvgIpc) is 3.20. The van der Waals surface area contributed by atoms with Crippen molar-refractivity contribution in [3.63, 3.8) is 0 Å². The van der Waals surface area contributed by atoms with E-state index < -0.39 is 11.8 Å². The van der Waals surface area contributed by atoms with Gasteiger partial charge in [-0.2, -0.15) is 0 Å². The predicted molar refractivity (Wildman–Crippen MR) is 134 cm³/mol. The van der Waals surface area contributed by atoms with Crippen molar-refractivity contribution in [3.8, 4) is 11.5 Å². The third-order valence-corrected chi connectivity index (χ3v) is 5.94. The van der Waals surface area contributed by atoms with Crippen LogP contribution in [0.5, 0.6) is 11.5 Å². The number of hydrogen-bond donors (Lipinski definition) is 2. The van der Waals surface area contributed by atoms with Gasteiger partial charge in [-0.05, 0) is 56.3 Å². The van der Waals surface area contributed by atoms with E-state index in [1.165, 1.54) is 13.2 Å². The molecule has 1 aromatic heterocycles. The minimum atomic E-state index is -0.499. The number of aromatic nitrogens is 2. The van der Waals surface area contributed by atoms with Gasteiger partial charge in [0, 0.05) is 28.3 Å². The van der Waals surface area contributed by atoms with E-state index in [9.17, 15) is 9.59 Å². The quantitative estimate of drug-likeness (QED) is 0.365. The Morgan fingerprint density at radius 2 is 1.66 bits per heavy atom. The molecule has 4 rings (SSSR count).